The van der Waals surface area contributed by atoms with Gasteiger partial charge in [0, 0.05) is 11.1 Å². The van der Waals surface area contributed by atoms with E-state index < -0.39 is 11.7 Å². The van der Waals surface area contributed by atoms with E-state index in [1.165, 1.54) is 24.5 Å². The highest BCUT2D eigenvalue weighted by molar-refractivity contribution is 6.30. The highest BCUT2D eigenvalue weighted by Gasteiger charge is 2.21. The lowest BCUT2D eigenvalue weighted by Crippen LogP contribution is -2.16. The number of nitrogens with one attached hydrogen (secondary N) is 1. The molecule has 0 spiro atoms. The molecule has 0 bridgehead atoms. The zero-order valence-electron chi connectivity index (χ0n) is 16.4. The van der Waals surface area contributed by atoms with E-state index in [4.69, 9.17) is 20.9 Å². The number of carbonyl (C=O) groups is 1. The van der Waals surface area contributed by atoms with Crippen molar-refractivity contribution >= 4 is 23.5 Å². The third kappa shape index (κ3) is 5.07. The molecule has 0 aliphatic heterocycles. The molecule has 0 aliphatic carbocycles. The van der Waals surface area contributed by atoms with Gasteiger partial charge in [0.25, 0.3) is 5.91 Å². The Morgan fingerprint density at radius 2 is 2.10 bits per heavy atom. The summed E-state index contributed by atoms with van der Waals surface area (Å²) in [4.78, 5) is 16.8. The number of benzene rings is 2. The van der Waals surface area contributed by atoms with Gasteiger partial charge >= 0.3 is 0 Å². The Morgan fingerprint density at radius 3 is 2.90 bits per heavy atom. The molecule has 0 radical (unpaired) electrons. The van der Waals surface area contributed by atoms with Crippen LogP contribution in [0, 0.1) is 12.7 Å². The molecule has 2 heterocycles. The molecule has 4 aromatic rings. The summed E-state index contributed by atoms with van der Waals surface area (Å²) in [6, 6.07) is 13.1. The van der Waals surface area contributed by atoms with E-state index in [0.29, 0.717) is 28.6 Å². The molecule has 0 unspecified atom stereocenters. The van der Waals surface area contributed by atoms with Gasteiger partial charge in [-0.25, -0.2) is 14.1 Å². The molecule has 8 nitrogen and oxygen atoms in total. The topological polar surface area (TPSA) is 95.1 Å². The lowest BCUT2D eigenvalue weighted by atomic mass is 10.2. The predicted octanol–water partition coefficient (Wildman–Crippen LogP) is 4.25. The molecule has 1 N–H and O–H groups in total. The maximum absolute atomic E-state index is 13.3. The molecule has 4 rings (SSSR count). The number of aromatic nitrogens is 4. The number of aryl methyl sites for hydroxylation is 1. The molecule has 0 fully saturated rings. The second kappa shape index (κ2) is 8.97. The third-order valence-corrected chi connectivity index (χ3v) is 4.61. The van der Waals surface area contributed by atoms with Gasteiger partial charge in [-0.15, -0.1) is 5.10 Å². The van der Waals surface area contributed by atoms with E-state index in [1.807, 2.05) is 18.2 Å². The second-order valence-corrected chi connectivity index (χ2v) is 7.10. The fourth-order valence-electron chi connectivity index (χ4n) is 2.86. The van der Waals surface area contributed by atoms with E-state index in [1.54, 1.807) is 23.7 Å². The van der Waals surface area contributed by atoms with Crippen LogP contribution in [0.3, 0.4) is 0 Å². The second-order valence-electron chi connectivity index (χ2n) is 6.66. The molecule has 31 heavy (non-hydrogen) atoms. The summed E-state index contributed by atoms with van der Waals surface area (Å²) >= 11 is 6.00. The fraction of sp³-hybridized carbons (Fsp3) is 0.143. The van der Waals surface area contributed by atoms with Gasteiger partial charge in [0.2, 0.25) is 5.95 Å². The van der Waals surface area contributed by atoms with Crippen LogP contribution in [0.2, 0.25) is 5.02 Å². The van der Waals surface area contributed by atoms with Crippen molar-refractivity contribution in [1.29, 1.82) is 0 Å². The first-order valence-electron chi connectivity index (χ1n) is 9.26. The molecule has 0 atom stereocenters. The minimum Gasteiger partial charge on any atom is -0.489 e. The van der Waals surface area contributed by atoms with Crippen LogP contribution in [0.4, 0.5) is 10.3 Å². The van der Waals surface area contributed by atoms with Gasteiger partial charge in [-0.3, -0.25) is 10.1 Å². The van der Waals surface area contributed by atoms with Crippen molar-refractivity contribution in [1.82, 2.24) is 19.9 Å². The summed E-state index contributed by atoms with van der Waals surface area (Å²) in [5, 5.41) is 11.3. The quantitative estimate of drug-likeness (QED) is 0.460. The SMILES string of the molecule is Cc1onc(C(=O)Nc2ncn(Cc3cccc(Cl)c3)n2)c1COc1cccc(F)c1. The first-order valence-corrected chi connectivity index (χ1v) is 9.64. The van der Waals surface area contributed by atoms with Crippen LogP contribution in [-0.4, -0.2) is 25.8 Å². The molecule has 2 aromatic heterocycles. The van der Waals surface area contributed by atoms with Crippen LogP contribution < -0.4 is 10.1 Å². The van der Waals surface area contributed by atoms with Gasteiger partial charge in [-0.2, -0.15) is 0 Å². The van der Waals surface area contributed by atoms with Gasteiger partial charge in [0.05, 0.1) is 12.1 Å². The smallest absolute Gasteiger partial charge is 0.280 e. The minimum atomic E-state index is -0.546. The van der Waals surface area contributed by atoms with Crippen molar-refractivity contribution in [3.8, 4) is 5.75 Å². The highest BCUT2D eigenvalue weighted by Crippen LogP contribution is 2.19. The Morgan fingerprint density at radius 1 is 1.26 bits per heavy atom. The summed E-state index contributed by atoms with van der Waals surface area (Å²) in [5.74, 6) is -0.105. The first kappa shape index (κ1) is 20.5. The van der Waals surface area contributed by atoms with Crippen molar-refractivity contribution < 1.29 is 18.4 Å². The molecule has 2 aromatic carbocycles. The largest absolute Gasteiger partial charge is 0.489 e. The first-order chi connectivity index (χ1) is 15.0. The maximum atomic E-state index is 13.3. The number of nitrogens with zero attached hydrogens (tertiary/aromatic N) is 4. The Bertz CT molecular complexity index is 1220. The van der Waals surface area contributed by atoms with E-state index in [2.05, 4.69) is 20.6 Å². The van der Waals surface area contributed by atoms with E-state index in [0.717, 1.165) is 5.56 Å². The molecule has 158 valence electrons. The zero-order chi connectivity index (χ0) is 21.8. The third-order valence-electron chi connectivity index (χ3n) is 4.37. The Balaban J connectivity index is 1.43. The maximum Gasteiger partial charge on any atom is 0.280 e. The summed E-state index contributed by atoms with van der Waals surface area (Å²) in [5.41, 5.74) is 1.43. The molecule has 0 saturated carbocycles. The molecule has 10 heteroatoms. The average Bonchev–Trinajstić information content (AvgIpc) is 3.32. The lowest BCUT2D eigenvalue weighted by molar-refractivity contribution is 0.101. The van der Waals surface area contributed by atoms with Crippen LogP contribution in [-0.2, 0) is 13.2 Å². The van der Waals surface area contributed by atoms with Crippen molar-refractivity contribution in [3.63, 3.8) is 0 Å². The van der Waals surface area contributed by atoms with Crippen LogP contribution in [0.5, 0.6) is 5.75 Å². The predicted molar refractivity (Wildman–Crippen MR) is 111 cm³/mol. The molecular formula is C21H17ClFN5O3. The van der Waals surface area contributed by atoms with Gasteiger partial charge in [-0.05, 0) is 36.8 Å². The Labute approximate surface area is 181 Å². The van der Waals surface area contributed by atoms with E-state index in [9.17, 15) is 9.18 Å². The van der Waals surface area contributed by atoms with Crippen molar-refractivity contribution in [3.05, 3.63) is 88.3 Å². The Kier molecular flexibility index (Phi) is 5.94. The van der Waals surface area contributed by atoms with Gasteiger partial charge in [0.1, 0.15) is 30.3 Å². The molecule has 0 aliphatic rings. The molecule has 1 amide bonds. The van der Waals surface area contributed by atoms with Crippen molar-refractivity contribution in [2.24, 2.45) is 0 Å². The van der Waals surface area contributed by atoms with Crippen LogP contribution in [0.25, 0.3) is 0 Å². The number of hydrogen-bond donors (Lipinski definition) is 1. The lowest BCUT2D eigenvalue weighted by Gasteiger charge is -2.06. The number of halogens is 2. The molecule has 0 saturated heterocycles. The van der Waals surface area contributed by atoms with Gasteiger partial charge in [-0.1, -0.05) is 35.0 Å². The number of rotatable bonds is 7. The standard InChI is InChI=1S/C21H17ClFN5O3/c1-13-18(11-30-17-7-3-6-16(23)9-17)19(27-31-13)20(29)25-21-24-12-28(26-21)10-14-4-2-5-15(22)8-14/h2-9,12H,10-11H2,1H3,(H,25,26,29). The summed E-state index contributed by atoms with van der Waals surface area (Å²) < 4.78 is 25.6. The highest BCUT2D eigenvalue weighted by atomic mass is 35.5. The van der Waals surface area contributed by atoms with E-state index in [-0.39, 0.29) is 18.2 Å². The summed E-state index contributed by atoms with van der Waals surface area (Å²) in [6.07, 6.45) is 1.50. The van der Waals surface area contributed by atoms with Crippen molar-refractivity contribution in [2.75, 3.05) is 5.32 Å². The average molecular weight is 442 g/mol. The fourth-order valence-corrected chi connectivity index (χ4v) is 3.08. The van der Waals surface area contributed by atoms with Gasteiger partial charge < -0.3 is 9.26 Å². The van der Waals surface area contributed by atoms with Gasteiger partial charge in [0.15, 0.2) is 5.69 Å². The van der Waals surface area contributed by atoms with Crippen LogP contribution in [0.1, 0.15) is 27.4 Å². The monoisotopic (exact) mass is 441 g/mol. The van der Waals surface area contributed by atoms with Crippen LogP contribution in [0.15, 0.2) is 59.4 Å². The summed E-state index contributed by atoms with van der Waals surface area (Å²) in [7, 11) is 0. The van der Waals surface area contributed by atoms with Crippen molar-refractivity contribution in [2.45, 2.75) is 20.1 Å². The normalized spacial score (nSPS) is 10.8. The summed E-state index contributed by atoms with van der Waals surface area (Å²) in [6.45, 7) is 2.09. The van der Waals surface area contributed by atoms with E-state index >= 15 is 0 Å². The number of anilines is 1. The minimum absolute atomic E-state index is 0.0157. The Hall–Kier alpha value is -3.72. The number of hydrogen-bond acceptors (Lipinski definition) is 6. The van der Waals surface area contributed by atoms with Crippen LogP contribution >= 0.6 is 11.6 Å². The number of carbonyl (C=O) groups excluding carboxylic acids is 1. The molecular weight excluding hydrogens is 425 g/mol. The zero-order valence-corrected chi connectivity index (χ0v) is 17.1. The number of amides is 1. The number of ether oxygens (including phenoxy) is 1.